The number of rotatable bonds is 8. The number of amides is 2. The van der Waals surface area contributed by atoms with Gasteiger partial charge in [-0.25, -0.2) is 4.79 Å². The summed E-state index contributed by atoms with van der Waals surface area (Å²) < 4.78 is 4.95. The van der Waals surface area contributed by atoms with Gasteiger partial charge < -0.3 is 15.0 Å². The largest absolute Gasteiger partial charge is 0.467 e. The van der Waals surface area contributed by atoms with Gasteiger partial charge >= 0.3 is 5.97 Å². The van der Waals surface area contributed by atoms with E-state index in [1.807, 2.05) is 80.6 Å². The number of methoxy groups -OCH3 is 1. The smallest absolute Gasteiger partial charge is 0.328 e. The second-order valence-electron chi connectivity index (χ2n) is 9.50. The van der Waals surface area contributed by atoms with Crippen molar-refractivity contribution in [2.24, 2.45) is 5.92 Å². The Balaban J connectivity index is 1.48. The van der Waals surface area contributed by atoms with E-state index in [4.69, 9.17) is 4.74 Å². The molecular formula is C30H32N2O4. The van der Waals surface area contributed by atoms with Crippen LogP contribution in [0.25, 0.3) is 11.1 Å². The predicted octanol–water partition coefficient (Wildman–Crippen LogP) is 5.71. The molecule has 2 amide bonds. The lowest BCUT2D eigenvalue weighted by molar-refractivity contribution is -0.147. The minimum absolute atomic E-state index is 0.0628. The summed E-state index contributed by atoms with van der Waals surface area (Å²) in [6.07, 6.45) is 2.07. The first-order valence-electron chi connectivity index (χ1n) is 12.3. The molecule has 0 radical (unpaired) electrons. The van der Waals surface area contributed by atoms with Gasteiger partial charge in [0.15, 0.2) is 0 Å². The fourth-order valence-corrected chi connectivity index (χ4v) is 4.67. The van der Waals surface area contributed by atoms with Crippen LogP contribution in [0.4, 0.5) is 5.69 Å². The number of anilines is 1. The maximum absolute atomic E-state index is 13.2. The average Bonchev–Trinajstić information content (AvgIpc) is 3.20. The molecule has 6 nitrogen and oxygen atoms in total. The molecule has 0 unspecified atom stereocenters. The highest BCUT2D eigenvalue weighted by Crippen LogP contribution is 2.32. The molecule has 36 heavy (non-hydrogen) atoms. The van der Waals surface area contributed by atoms with Gasteiger partial charge in [0.05, 0.1) is 7.11 Å². The average molecular weight is 485 g/mol. The number of hydrogen-bond donors (Lipinski definition) is 1. The Hall–Kier alpha value is -3.93. The number of benzene rings is 3. The van der Waals surface area contributed by atoms with Crippen LogP contribution in [0.1, 0.15) is 59.0 Å². The van der Waals surface area contributed by atoms with E-state index in [1.54, 1.807) is 4.90 Å². The molecule has 0 saturated carbocycles. The van der Waals surface area contributed by atoms with Crippen molar-refractivity contribution in [2.75, 3.05) is 12.4 Å². The minimum atomic E-state index is -0.621. The Morgan fingerprint density at radius 1 is 0.972 bits per heavy atom. The van der Waals surface area contributed by atoms with E-state index < -0.39 is 12.0 Å². The fourth-order valence-electron chi connectivity index (χ4n) is 4.67. The molecule has 186 valence electrons. The summed E-state index contributed by atoms with van der Waals surface area (Å²) in [6, 6.07) is 20.4. The zero-order chi connectivity index (χ0) is 25.8. The van der Waals surface area contributed by atoms with E-state index in [9.17, 15) is 14.4 Å². The third kappa shape index (κ3) is 5.18. The number of carbonyl (C=O) groups is 3. The molecule has 1 aliphatic heterocycles. The Morgan fingerprint density at radius 3 is 2.25 bits per heavy atom. The molecule has 6 heteroatoms. The van der Waals surface area contributed by atoms with Crippen molar-refractivity contribution in [3.63, 3.8) is 0 Å². The highest BCUT2D eigenvalue weighted by atomic mass is 16.5. The van der Waals surface area contributed by atoms with Crippen LogP contribution in [0.2, 0.25) is 0 Å². The van der Waals surface area contributed by atoms with Gasteiger partial charge in [-0.3, -0.25) is 9.59 Å². The quantitative estimate of drug-likeness (QED) is 0.416. The topological polar surface area (TPSA) is 75.7 Å². The molecule has 4 rings (SSSR count). The summed E-state index contributed by atoms with van der Waals surface area (Å²) in [5, 5.41) is 2.94. The zero-order valence-corrected chi connectivity index (χ0v) is 21.2. The standard InChI is InChI=1S/C30H32N2O4/c1-5-6-20-7-9-22(10-8-20)28(33)31-25-15-13-21(14-16-25)23-11-12-24-18-32(29(34)26(24)17-23)27(19(2)3)30(35)36-4/h7-17,19,27H,5-6,18H2,1-4H3,(H,31,33)/t27-/m0/s1. The van der Waals surface area contributed by atoms with Crippen LogP contribution in [0.15, 0.2) is 66.7 Å². The molecule has 1 N–H and O–H groups in total. The molecule has 0 fully saturated rings. The number of nitrogens with zero attached hydrogens (tertiary/aromatic N) is 1. The van der Waals surface area contributed by atoms with Gasteiger partial charge in [-0.2, -0.15) is 0 Å². The van der Waals surface area contributed by atoms with Crippen molar-refractivity contribution in [1.82, 2.24) is 4.90 Å². The highest BCUT2D eigenvalue weighted by molar-refractivity contribution is 6.04. The van der Waals surface area contributed by atoms with E-state index in [-0.39, 0.29) is 17.7 Å². The summed E-state index contributed by atoms with van der Waals surface area (Å²) in [7, 11) is 1.35. The summed E-state index contributed by atoms with van der Waals surface area (Å²) >= 11 is 0. The van der Waals surface area contributed by atoms with Gasteiger partial charge in [-0.15, -0.1) is 0 Å². The van der Waals surface area contributed by atoms with E-state index in [0.717, 1.165) is 29.5 Å². The number of hydrogen-bond acceptors (Lipinski definition) is 4. The third-order valence-corrected chi connectivity index (χ3v) is 6.58. The normalized spacial score (nSPS) is 13.5. The van der Waals surface area contributed by atoms with E-state index in [2.05, 4.69) is 12.2 Å². The second-order valence-corrected chi connectivity index (χ2v) is 9.50. The molecular weight excluding hydrogens is 452 g/mol. The summed E-state index contributed by atoms with van der Waals surface area (Å²) in [4.78, 5) is 39.7. The van der Waals surface area contributed by atoms with Gasteiger partial charge in [0.1, 0.15) is 6.04 Å². The Morgan fingerprint density at radius 2 is 1.64 bits per heavy atom. The number of fused-ring (bicyclic) bond motifs is 1. The number of carbonyl (C=O) groups excluding carboxylic acids is 3. The first-order valence-corrected chi connectivity index (χ1v) is 12.3. The maximum atomic E-state index is 13.2. The lowest BCUT2D eigenvalue weighted by Crippen LogP contribution is -2.45. The second kappa shape index (κ2) is 10.8. The van der Waals surface area contributed by atoms with E-state index in [1.165, 1.54) is 12.7 Å². The molecule has 3 aromatic carbocycles. The molecule has 0 saturated heterocycles. The Bertz CT molecular complexity index is 1260. The number of esters is 1. The maximum Gasteiger partial charge on any atom is 0.328 e. The van der Waals surface area contributed by atoms with Crippen molar-refractivity contribution < 1.29 is 19.1 Å². The van der Waals surface area contributed by atoms with Crippen LogP contribution >= 0.6 is 0 Å². The molecule has 0 spiro atoms. The first kappa shape index (κ1) is 25.2. The number of nitrogens with one attached hydrogen (secondary N) is 1. The molecule has 0 bridgehead atoms. The van der Waals surface area contributed by atoms with Gasteiger partial charge in [-0.05, 0) is 64.9 Å². The lowest BCUT2D eigenvalue weighted by Gasteiger charge is -2.28. The molecule has 0 aliphatic carbocycles. The Kier molecular flexibility index (Phi) is 7.53. The molecule has 3 aromatic rings. The number of aryl methyl sites for hydroxylation is 1. The molecule has 1 atom stereocenters. The van der Waals surface area contributed by atoms with Crippen LogP contribution in [0, 0.1) is 5.92 Å². The van der Waals surface area contributed by atoms with Crippen LogP contribution in [0.5, 0.6) is 0 Å². The summed E-state index contributed by atoms with van der Waals surface area (Å²) in [5.41, 5.74) is 5.86. The fraction of sp³-hybridized carbons (Fsp3) is 0.300. The monoisotopic (exact) mass is 484 g/mol. The van der Waals surface area contributed by atoms with Crippen LogP contribution in [-0.4, -0.2) is 35.8 Å². The van der Waals surface area contributed by atoms with Gasteiger partial charge in [0.25, 0.3) is 11.8 Å². The van der Waals surface area contributed by atoms with Crippen LogP contribution < -0.4 is 5.32 Å². The molecule has 0 aromatic heterocycles. The number of ether oxygens (including phenoxy) is 1. The zero-order valence-electron chi connectivity index (χ0n) is 21.2. The predicted molar refractivity (Wildman–Crippen MR) is 141 cm³/mol. The first-order chi connectivity index (χ1) is 17.3. The van der Waals surface area contributed by atoms with Crippen molar-refractivity contribution in [2.45, 2.75) is 46.2 Å². The van der Waals surface area contributed by atoms with Crippen molar-refractivity contribution in [1.29, 1.82) is 0 Å². The SMILES string of the molecule is CCCc1ccc(C(=O)Nc2ccc(-c3ccc4c(c3)C(=O)N([C@H](C(=O)OC)C(C)C)C4)cc2)cc1. The third-order valence-electron chi connectivity index (χ3n) is 6.58. The van der Waals surface area contributed by atoms with Crippen molar-refractivity contribution in [3.8, 4) is 11.1 Å². The van der Waals surface area contributed by atoms with Gasteiger partial charge in [-0.1, -0.05) is 63.6 Å². The molecule has 1 aliphatic rings. The summed E-state index contributed by atoms with van der Waals surface area (Å²) in [5.74, 6) is -0.780. The van der Waals surface area contributed by atoms with Crippen LogP contribution in [-0.2, 0) is 22.5 Å². The molecule has 1 heterocycles. The highest BCUT2D eigenvalue weighted by Gasteiger charge is 2.38. The summed E-state index contributed by atoms with van der Waals surface area (Å²) in [6.45, 7) is 6.33. The van der Waals surface area contributed by atoms with Crippen molar-refractivity contribution in [3.05, 3.63) is 89.0 Å². The lowest BCUT2D eigenvalue weighted by atomic mass is 10.00. The Labute approximate surface area is 212 Å². The van der Waals surface area contributed by atoms with E-state index in [0.29, 0.717) is 23.4 Å². The minimum Gasteiger partial charge on any atom is -0.467 e. The van der Waals surface area contributed by atoms with Gasteiger partial charge in [0.2, 0.25) is 0 Å². The van der Waals surface area contributed by atoms with E-state index >= 15 is 0 Å². The van der Waals surface area contributed by atoms with Crippen LogP contribution in [0.3, 0.4) is 0 Å². The van der Waals surface area contributed by atoms with Crippen molar-refractivity contribution >= 4 is 23.5 Å². The van der Waals surface area contributed by atoms with Gasteiger partial charge in [0, 0.05) is 23.4 Å².